The molecule has 0 unspecified atom stereocenters. The van der Waals surface area contributed by atoms with Crippen LogP contribution >= 0.6 is 0 Å². The van der Waals surface area contributed by atoms with Crippen molar-refractivity contribution in [3.63, 3.8) is 0 Å². The summed E-state index contributed by atoms with van der Waals surface area (Å²) in [4.78, 5) is 13.1. The maximum atomic E-state index is 13.1. The first-order chi connectivity index (χ1) is 11.3. The molecular weight excluding hydrogens is 286 g/mol. The zero-order chi connectivity index (χ0) is 15.8. The molecule has 4 nitrogen and oxygen atoms in total. The predicted molar refractivity (Wildman–Crippen MR) is 88.9 cm³/mol. The van der Waals surface area contributed by atoms with Gasteiger partial charge in [-0.25, -0.2) is 0 Å². The van der Waals surface area contributed by atoms with Gasteiger partial charge < -0.3 is 5.32 Å². The Bertz CT molecular complexity index is 674. The predicted octanol–water partition coefficient (Wildman–Crippen LogP) is 2.97. The smallest absolute Gasteiger partial charge is 0.231 e. The van der Waals surface area contributed by atoms with Gasteiger partial charge in [-0.05, 0) is 36.3 Å². The first-order valence-electron chi connectivity index (χ1n) is 8.59. The van der Waals surface area contributed by atoms with Crippen LogP contribution in [0.1, 0.15) is 43.4 Å². The molecule has 2 N–H and O–H groups in total. The molecule has 0 radical (unpaired) electrons. The summed E-state index contributed by atoms with van der Waals surface area (Å²) >= 11 is 0. The summed E-state index contributed by atoms with van der Waals surface area (Å²) in [6.07, 6.45) is 8.46. The fourth-order valence-corrected chi connectivity index (χ4v) is 4.59. The van der Waals surface area contributed by atoms with Gasteiger partial charge >= 0.3 is 0 Å². The number of H-pyrrole nitrogens is 1. The minimum absolute atomic E-state index is 0.213. The Kier molecular flexibility index (Phi) is 3.47. The Morgan fingerprint density at radius 3 is 2.65 bits per heavy atom. The van der Waals surface area contributed by atoms with Crippen molar-refractivity contribution in [1.82, 2.24) is 15.5 Å². The highest BCUT2D eigenvalue weighted by Crippen LogP contribution is 2.72. The molecule has 0 aliphatic heterocycles. The van der Waals surface area contributed by atoms with Crippen molar-refractivity contribution in [2.24, 2.45) is 5.41 Å². The van der Waals surface area contributed by atoms with Crippen LogP contribution in [0.4, 0.5) is 0 Å². The van der Waals surface area contributed by atoms with Gasteiger partial charge in [0.15, 0.2) is 0 Å². The number of hydrogen-bond acceptors (Lipinski definition) is 2. The van der Waals surface area contributed by atoms with Crippen LogP contribution in [-0.4, -0.2) is 22.6 Å². The summed E-state index contributed by atoms with van der Waals surface area (Å²) < 4.78 is 0. The molecule has 0 saturated heterocycles. The molecular formula is C19H23N3O. The third-order valence-corrected chi connectivity index (χ3v) is 5.84. The molecule has 23 heavy (non-hydrogen) atoms. The van der Waals surface area contributed by atoms with E-state index in [0.717, 1.165) is 18.5 Å². The van der Waals surface area contributed by atoms with Gasteiger partial charge in [0, 0.05) is 24.9 Å². The van der Waals surface area contributed by atoms with E-state index in [-0.39, 0.29) is 16.7 Å². The van der Waals surface area contributed by atoms with Gasteiger partial charge in [-0.2, -0.15) is 5.10 Å². The second-order valence-electron chi connectivity index (χ2n) is 7.02. The van der Waals surface area contributed by atoms with Crippen LogP contribution in [-0.2, 0) is 16.6 Å². The highest BCUT2D eigenvalue weighted by atomic mass is 16.2. The number of amides is 1. The lowest BCUT2D eigenvalue weighted by Gasteiger charge is -2.22. The van der Waals surface area contributed by atoms with Crippen LogP contribution in [0.15, 0.2) is 42.6 Å². The van der Waals surface area contributed by atoms with E-state index in [0.29, 0.717) is 6.54 Å². The molecule has 120 valence electrons. The van der Waals surface area contributed by atoms with Crippen LogP contribution in [0, 0.1) is 5.41 Å². The average molecular weight is 309 g/mol. The van der Waals surface area contributed by atoms with Crippen molar-refractivity contribution in [1.29, 1.82) is 0 Å². The quantitative estimate of drug-likeness (QED) is 0.892. The van der Waals surface area contributed by atoms with E-state index in [1.165, 1.54) is 31.2 Å². The maximum Gasteiger partial charge on any atom is 0.231 e. The van der Waals surface area contributed by atoms with Crippen molar-refractivity contribution in [3.05, 3.63) is 53.9 Å². The zero-order valence-corrected chi connectivity index (χ0v) is 13.3. The molecule has 1 amide bonds. The lowest BCUT2D eigenvalue weighted by Crippen LogP contribution is -2.39. The maximum absolute atomic E-state index is 13.1. The Labute approximate surface area is 136 Å². The first kappa shape index (κ1) is 14.5. The molecule has 2 aliphatic rings. The first-order valence-corrected chi connectivity index (χ1v) is 8.59. The van der Waals surface area contributed by atoms with Gasteiger partial charge in [0.2, 0.25) is 5.91 Å². The molecule has 4 heteroatoms. The van der Waals surface area contributed by atoms with Crippen molar-refractivity contribution < 1.29 is 4.79 Å². The van der Waals surface area contributed by atoms with Crippen LogP contribution in [0.25, 0.3) is 0 Å². The van der Waals surface area contributed by atoms with Crippen molar-refractivity contribution in [3.8, 4) is 0 Å². The molecule has 2 fully saturated rings. The lowest BCUT2D eigenvalue weighted by atomic mass is 9.84. The normalized spacial score (nSPS) is 24.7. The monoisotopic (exact) mass is 309 g/mol. The summed E-state index contributed by atoms with van der Waals surface area (Å²) in [6, 6.07) is 12.3. The van der Waals surface area contributed by atoms with Gasteiger partial charge in [0.05, 0.1) is 5.41 Å². The fourth-order valence-electron chi connectivity index (χ4n) is 4.59. The van der Waals surface area contributed by atoms with Gasteiger partial charge in [0.25, 0.3) is 0 Å². The molecule has 1 heterocycles. The molecule has 1 aromatic heterocycles. The summed E-state index contributed by atoms with van der Waals surface area (Å²) in [7, 11) is 0. The van der Waals surface area contributed by atoms with Crippen LogP contribution < -0.4 is 5.32 Å². The molecule has 2 saturated carbocycles. The lowest BCUT2D eigenvalue weighted by molar-refractivity contribution is -0.124. The van der Waals surface area contributed by atoms with E-state index in [1.54, 1.807) is 6.20 Å². The van der Waals surface area contributed by atoms with Gasteiger partial charge in [-0.15, -0.1) is 0 Å². The number of aromatic amines is 1. The minimum Gasteiger partial charge on any atom is -0.355 e. The summed E-state index contributed by atoms with van der Waals surface area (Å²) in [5, 5.41) is 10.1. The molecule has 1 atom stereocenters. The fraction of sp³-hybridized carbons (Fsp3) is 0.474. The van der Waals surface area contributed by atoms with Crippen molar-refractivity contribution in [2.75, 3.05) is 6.54 Å². The molecule has 1 spiro atoms. The van der Waals surface area contributed by atoms with Gasteiger partial charge in [-0.1, -0.05) is 43.2 Å². The average Bonchev–Trinajstić information content (AvgIpc) is 2.93. The molecule has 4 rings (SSSR count). The van der Waals surface area contributed by atoms with Gasteiger partial charge in [-0.3, -0.25) is 9.89 Å². The van der Waals surface area contributed by atoms with E-state index >= 15 is 0 Å². The largest absolute Gasteiger partial charge is 0.355 e. The molecule has 1 aromatic carbocycles. The Morgan fingerprint density at radius 2 is 1.96 bits per heavy atom. The number of rotatable bonds is 5. The third-order valence-electron chi connectivity index (χ3n) is 5.84. The van der Waals surface area contributed by atoms with Crippen LogP contribution in [0.2, 0.25) is 0 Å². The van der Waals surface area contributed by atoms with E-state index in [4.69, 9.17) is 0 Å². The number of hydrogen-bond donors (Lipinski definition) is 2. The molecule has 0 bridgehead atoms. The number of nitrogens with one attached hydrogen (secondary N) is 2. The van der Waals surface area contributed by atoms with Crippen molar-refractivity contribution >= 4 is 5.91 Å². The highest BCUT2D eigenvalue weighted by molar-refractivity contribution is 5.93. The van der Waals surface area contributed by atoms with E-state index < -0.39 is 0 Å². The summed E-state index contributed by atoms with van der Waals surface area (Å²) in [5.74, 6) is 0.213. The Hall–Kier alpha value is -2.10. The standard InChI is InChI=1S/C19H23N3O/c23-17(20-12-8-16-9-13-21-22-16)19(15-6-2-1-3-7-15)14-18(19)10-4-5-11-18/h1-3,6-7,9,13H,4-5,8,10-12,14H2,(H,20,23)(H,21,22)/t19-/m0/s1. The molecule has 2 aliphatic carbocycles. The number of benzene rings is 1. The third kappa shape index (κ3) is 2.28. The number of carbonyl (C=O) groups is 1. The summed E-state index contributed by atoms with van der Waals surface area (Å²) in [6.45, 7) is 0.658. The number of nitrogens with zero attached hydrogens (tertiary/aromatic N) is 1. The number of carbonyl (C=O) groups excluding carboxylic acids is 1. The minimum atomic E-state index is -0.293. The van der Waals surface area contributed by atoms with Gasteiger partial charge in [0.1, 0.15) is 0 Å². The zero-order valence-electron chi connectivity index (χ0n) is 13.3. The van der Waals surface area contributed by atoms with Crippen LogP contribution in [0.3, 0.4) is 0 Å². The topological polar surface area (TPSA) is 57.8 Å². The Balaban J connectivity index is 1.51. The van der Waals surface area contributed by atoms with E-state index in [2.05, 4.69) is 39.8 Å². The van der Waals surface area contributed by atoms with E-state index in [1.807, 2.05) is 12.1 Å². The highest BCUT2D eigenvalue weighted by Gasteiger charge is 2.72. The Morgan fingerprint density at radius 1 is 1.17 bits per heavy atom. The number of aromatic nitrogens is 2. The van der Waals surface area contributed by atoms with Crippen molar-refractivity contribution in [2.45, 2.75) is 43.9 Å². The SMILES string of the molecule is O=C(NCCc1ccn[nH]1)[C@@]1(c2ccccc2)CC12CCCC2. The van der Waals surface area contributed by atoms with E-state index in [9.17, 15) is 4.79 Å². The second-order valence-corrected chi connectivity index (χ2v) is 7.02. The molecule has 2 aromatic rings. The second kappa shape index (κ2) is 5.52. The van der Waals surface area contributed by atoms with Crippen LogP contribution in [0.5, 0.6) is 0 Å². The summed E-state index contributed by atoms with van der Waals surface area (Å²) in [5.41, 5.74) is 2.18.